The summed E-state index contributed by atoms with van der Waals surface area (Å²) in [7, 11) is 1.21. The van der Waals surface area contributed by atoms with Crippen LogP contribution in [0.4, 0.5) is 0 Å². The fourth-order valence-corrected chi connectivity index (χ4v) is 1.16. The third kappa shape index (κ3) is 3.40. The molecule has 0 radical (unpaired) electrons. The number of aliphatic hydroxyl groups is 1. The molecule has 0 aliphatic heterocycles. The van der Waals surface area contributed by atoms with E-state index in [1.54, 1.807) is 24.3 Å². The average molecular weight is 245 g/mol. The minimum atomic E-state index is -1.66. The highest BCUT2D eigenvalue weighted by Gasteiger charge is 2.32. The normalized spacial score (nSPS) is 14.0. The van der Waals surface area contributed by atoms with Crippen LogP contribution >= 0.6 is 11.6 Å². The van der Waals surface area contributed by atoms with Gasteiger partial charge < -0.3 is 14.6 Å². The molecule has 0 aliphatic rings. The second kappa shape index (κ2) is 5.18. The van der Waals surface area contributed by atoms with Crippen LogP contribution in [0.3, 0.4) is 0 Å². The number of benzene rings is 1. The first kappa shape index (κ1) is 12.8. The molecule has 1 atom stereocenters. The van der Waals surface area contributed by atoms with E-state index in [0.29, 0.717) is 10.8 Å². The largest absolute Gasteiger partial charge is 0.490 e. The van der Waals surface area contributed by atoms with Crippen molar-refractivity contribution in [3.8, 4) is 5.75 Å². The van der Waals surface area contributed by atoms with Gasteiger partial charge in [-0.05, 0) is 31.2 Å². The van der Waals surface area contributed by atoms with Crippen LogP contribution in [0, 0.1) is 0 Å². The summed E-state index contributed by atoms with van der Waals surface area (Å²) in [6.07, 6.45) is 0. The van der Waals surface area contributed by atoms with Crippen LogP contribution < -0.4 is 4.74 Å². The Balaban J connectivity index is 2.57. The van der Waals surface area contributed by atoms with E-state index in [2.05, 4.69) is 4.74 Å². The Hall–Kier alpha value is -1.26. The summed E-state index contributed by atoms with van der Waals surface area (Å²) in [6, 6.07) is 6.61. The number of carbonyl (C=O) groups excluding carboxylic acids is 1. The van der Waals surface area contributed by atoms with E-state index in [-0.39, 0.29) is 6.61 Å². The average Bonchev–Trinajstić information content (AvgIpc) is 2.27. The van der Waals surface area contributed by atoms with E-state index in [1.165, 1.54) is 14.0 Å². The summed E-state index contributed by atoms with van der Waals surface area (Å²) < 4.78 is 9.67. The van der Waals surface area contributed by atoms with E-state index in [0.717, 1.165) is 0 Å². The molecule has 0 bridgehead atoms. The molecule has 0 saturated heterocycles. The van der Waals surface area contributed by atoms with Crippen LogP contribution in [0.1, 0.15) is 6.92 Å². The van der Waals surface area contributed by atoms with Crippen LogP contribution in [-0.2, 0) is 9.53 Å². The Bertz CT molecular complexity index is 359. The van der Waals surface area contributed by atoms with Gasteiger partial charge in [0.05, 0.1) is 7.11 Å². The molecule has 0 saturated carbocycles. The van der Waals surface area contributed by atoms with E-state index in [1.807, 2.05) is 0 Å². The molecule has 0 amide bonds. The quantitative estimate of drug-likeness (QED) is 0.819. The predicted octanol–water partition coefficient (Wildman–Crippen LogP) is 1.64. The van der Waals surface area contributed by atoms with Crippen molar-refractivity contribution < 1.29 is 19.4 Å². The van der Waals surface area contributed by atoms with Crippen molar-refractivity contribution in [2.45, 2.75) is 12.5 Å². The summed E-state index contributed by atoms with van der Waals surface area (Å²) in [5.41, 5.74) is -1.66. The van der Waals surface area contributed by atoms with Gasteiger partial charge in [0.1, 0.15) is 12.4 Å². The highest BCUT2D eigenvalue weighted by atomic mass is 35.5. The summed E-state index contributed by atoms with van der Waals surface area (Å²) in [5.74, 6) is -0.213. The van der Waals surface area contributed by atoms with Crippen LogP contribution in [-0.4, -0.2) is 30.4 Å². The van der Waals surface area contributed by atoms with Gasteiger partial charge in [-0.1, -0.05) is 11.6 Å². The fourth-order valence-electron chi connectivity index (χ4n) is 1.03. The molecule has 0 aliphatic carbocycles. The van der Waals surface area contributed by atoms with Crippen LogP contribution in [0.5, 0.6) is 5.75 Å². The highest BCUT2D eigenvalue weighted by molar-refractivity contribution is 6.30. The molecule has 5 heteroatoms. The molecule has 1 unspecified atom stereocenters. The lowest BCUT2D eigenvalue weighted by molar-refractivity contribution is -0.163. The third-order valence-electron chi connectivity index (χ3n) is 1.96. The highest BCUT2D eigenvalue weighted by Crippen LogP contribution is 2.17. The number of rotatable bonds is 4. The number of hydrogen-bond donors (Lipinski definition) is 1. The van der Waals surface area contributed by atoms with Crippen molar-refractivity contribution in [3.63, 3.8) is 0 Å². The van der Waals surface area contributed by atoms with Crippen molar-refractivity contribution in [1.82, 2.24) is 0 Å². The van der Waals surface area contributed by atoms with Crippen molar-refractivity contribution >= 4 is 17.6 Å². The summed E-state index contributed by atoms with van der Waals surface area (Å²) >= 11 is 5.70. The van der Waals surface area contributed by atoms with Crippen molar-refractivity contribution in [3.05, 3.63) is 29.3 Å². The molecule has 0 heterocycles. The van der Waals surface area contributed by atoms with E-state index >= 15 is 0 Å². The molecule has 1 aromatic carbocycles. The van der Waals surface area contributed by atoms with Gasteiger partial charge >= 0.3 is 5.97 Å². The Labute approximate surface area is 98.7 Å². The number of halogens is 1. The second-order valence-corrected chi connectivity index (χ2v) is 3.94. The molecule has 0 aromatic heterocycles. The van der Waals surface area contributed by atoms with Gasteiger partial charge in [0.2, 0.25) is 0 Å². The summed E-state index contributed by atoms with van der Waals surface area (Å²) in [6.45, 7) is 1.15. The van der Waals surface area contributed by atoms with Gasteiger partial charge in [0.15, 0.2) is 5.60 Å². The summed E-state index contributed by atoms with van der Waals surface area (Å²) in [4.78, 5) is 11.1. The number of hydrogen-bond acceptors (Lipinski definition) is 4. The maximum atomic E-state index is 11.1. The Kier molecular flexibility index (Phi) is 4.15. The Morgan fingerprint density at radius 3 is 2.50 bits per heavy atom. The monoisotopic (exact) mass is 244 g/mol. The van der Waals surface area contributed by atoms with Gasteiger partial charge in [0.25, 0.3) is 0 Å². The van der Waals surface area contributed by atoms with Crippen LogP contribution in [0.15, 0.2) is 24.3 Å². The zero-order valence-corrected chi connectivity index (χ0v) is 9.82. The zero-order chi connectivity index (χ0) is 12.2. The summed E-state index contributed by atoms with van der Waals surface area (Å²) in [5, 5.41) is 10.3. The SMILES string of the molecule is COC(=O)C(C)(O)COc1ccc(Cl)cc1. The number of ether oxygens (including phenoxy) is 2. The van der Waals surface area contributed by atoms with E-state index in [9.17, 15) is 9.90 Å². The number of methoxy groups -OCH3 is 1. The molecule has 4 nitrogen and oxygen atoms in total. The molecule has 1 N–H and O–H groups in total. The molecular formula is C11H13ClO4. The third-order valence-corrected chi connectivity index (χ3v) is 2.21. The molecule has 1 rings (SSSR count). The molecule has 0 spiro atoms. The standard InChI is InChI=1S/C11H13ClO4/c1-11(14,10(13)15-2)7-16-9-5-3-8(12)4-6-9/h3-6,14H,7H2,1-2H3. The van der Waals surface area contributed by atoms with Gasteiger partial charge in [0, 0.05) is 5.02 Å². The Morgan fingerprint density at radius 1 is 1.44 bits per heavy atom. The maximum absolute atomic E-state index is 11.1. The molecular weight excluding hydrogens is 232 g/mol. The zero-order valence-electron chi connectivity index (χ0n) is 9.07. The molecule has 1 aromatic rings. The van der Waals surface area contributed by atoms with Crippen LogP contribution in [0.2, 0.25) is 5.02 Å². The number of esters is 1. The lowest BCUT2D eigenvalue weighted by Gasteiger charge is -2.20. The van der Waals surface area contributed by atoms with E-state index in [4.69, 9.17) is 16.3 Å². The smallest absolute Gasteiger partial charge is 0.341 e. The minimum Gasteiger partial charge on any atom is -0.490 e. The van der Waals surface area contributed by atoms with Gasteiger partial charge in [-0.2, -0.15) is 0 Å². The predicted molar refractivity (Wildman–Crippen MR) is 59.6 cm³/mol. The van der Waals surface area contributed by atoms with Gasteiger partial charge in [-0.25, -0.2) is 4.79 Å². The van der Waals surface area contributed by atoms with E-state index < -0.39 is 11.6 Å². The fraction of sp³-hybridized carbons (Fsp3) is 0.364. The molecule has 0 fully saturated rings. The topological polar surface area (TPSA) is 55.8 Å². The number of carbonyl (C=O) groups is 1. The molecule has 16 heavy (non-hydrogen) atoms. The first-order valence-corrected chi connectivity index (χ1v) is 5.02. The first-order chi connectivity index (χ1) is 7.45. The van der Waals surface area contributed by atoms with Crippen LogP contribution in [0.25, 0.3) is 0 Å². The molecule has 88 valence electrons. The minimum absolute atomic E-state index is 0.179. The van der Waals surface area contributed by atoms with Crippen molar-refractivity contribution in [2.75, 3.05) is 13.7 Å². The van der Waals surface area contributed by atoms with Gasteiger partial charge in [-0.15, -0.1) is 0 Å². The van der Waals surface area contributed by atoms with Gasteiger partial charge in [-0.3, -0.25) is 0 Å². The second-order valence-electron chi connectivity index (χ2n) is 3.51. The van der Waals surface area contributed by atoms with Crippen molar-refractivity contribution in [1.29, 1.82) is 0 Å². The lowest BCUT2D eigenvalue weighted by Crippen LogP contribution is -2.42. The maximum Gasteiger partial charge on any atom is 0.341 e. The van der Waals surface area contributed by atoms with Crippen molar-refractivity contribution in [2.24, 2.45) is 0 Å². The Morgan fingerprint density at radius 2 is 2.00 bits per heavy atom. The lowest BCUT2D eigenvalue weighted by atomic mass is 10.1. The first-order valence-electron chi connectivity index (χ1n) is 4.65.